The number of aryl methyl sites for hydroxylation is 1. The van der Waals surface area contributed by atoms with E-state index >= 15 is 0 Å². The van der Waals surface area contributed by atoms with Crippen molar-refractivity contribution in [2.45, 2.75) is 51.9 Å². The topological polar surface area (TPSA) is 33.1 Å². The van der Waals surface area contributed by atoms with E-state index in [9.17, 15) is 0 Å². The molecule has 1 aromatic rings. The van der Waals surface area contributed by atoms with E-state index in [4.69, 9.17) is 0 Å². The van der Waals surface area contributed by atoms with Crippen molar-refractivity contribution in [3.8, 4) is 0 Å². The van der Waals surface area contributed by atoms with E-state index in [1.54, 1.807) is 0 Å². The zero-order chi connectivity index (χ0) is 12.5. The number of nitrogens with zero attached hydrogens (tertiary/aromatic N) is 3. The Hall–Kier alpha value is -0.870. The molecule has 4 heteroatoms. The van der Waals surface area contributed by atoms with Crippen LogP contribution in [0, 0.1) is 5.92 Å². The molecule has 18 heavy (non-hydrogen) atoms. The summed E-state index contributed by atoms with van der Waals surface area (Å²) >= 11 is 0. The van der Waals surface area contributed by atoms with E-state index in [0.29, 0.717) is 6.04 Å². The minimum Gasteiger partial charge on any atom is -0.311 e. The van der Waals surface area contributed by atoms with E-state index in [1.165, 1.54) is 24.9 Å². The summed E-state index contributed by atoms with van der Waals surface area (Å²) in [6.45, 7) is 8.77. The Morgan fingerprint density at radius 1 is 1.44 bits per heavy atom. The van der Waals surface area contributed by atoms with Crippen molar-refractivity contribution < 1.29 is 0 Å². The van der Waals surface area contributed by atoms with Gasteiger partial charge in [0.1, 0.15) is 0 Å². The first-order chi connectivity index (χ1) is 8.76. The highest BCUT2D eigenvalue weighted by Gasteiger charge is 2.37. The average Bonchev–Trinajstić information content (AvgIpc) is 3.10. The van der Waals surface area contributed by atoms with E-state index in [1.807, 2.05) is 10.9 Å². The third kappa shape index (κ3) is 2.59. The second-order valence-corrected chi connectivity index (χ2v) is 5.85. The molecule has 0 aromatic carbocycles. The second-order valence-electron chi connectivity index (χ2n) is 5.85. The zero-order valence-corrected chi connectivity index (χ0v) is 11.5. The summed E-state index contributed by atoms with van der Waals surface area (Å²) in [4.78, 5) is 2.66. The summed E-state index contributed by atoms with van der Waals surface area (Å²) in [6, 6.07) is 1.35. The Labute approximate surface area is 109 Å². The molecule has 3 rings (SSSR count). The standard InChI is InChI=1S/C14H24N4/c1-3-18-10-12(6-16-18)9-17-8-11(2)15-7-14(17)13-4-5-13/h6,10-11,13-15H,3-5,7-9H2,1-2H3. The Morgan fingerprint density at radius 2 is 2.28 bits per heavy atom. The molecule has 1 aliphatic carbocycles. The zero-order valence-electron chi connectivity index (χ0n) is 11.5. The van der Waals surface area contributed by atoms with Crippen molar-refractivity contribution in [2.75, 3.05) is 13.1 Å². The molecule has 0 radical (unpaired) electrons. The van der Waals surface area contributed by atoms with Crippen LogP contribution in [0.15, 0.2) is 12.4 Å². The lowest BCUT2D eigenvalue weighted by Gasteiger charge is -2.39. The Balaban J connectivity index is 1.67. The summed E-state index contributed by atoms with van der Waals surface area (Å²) in [5.74, 6) is 0.936. The number of piperazine rings is 1. The number of hydrogen-bond acceptors (Lipinski definition) is 3. The minimum absolute atomic E-state index is 0.612. The van der Waals surface area contributed by atoms with Crippen LogP contribution < -0.4 is 5.32 Å². The maximum Gasteiger partial charge on any atom is 0.0534 e. The second kappa shape index (κ2) is 5.02. The third-order valence-electron chi connectivity index (χ3n) is 4.22. The van der Waals surface area contributed by atoms with Crippen LogP contribution in [0.4, 0.5) is 0 Å². The molecule has 0 amide bonds. The first kappa shape index (κ1) is 12.2. The van der Waals surface area contributed by atoms with Crippen molar-refractivity contribution in [3.05, 3.63) is 18.0 Å². The summed E-state index contributed by atoms with van der Waals surface area (Å²) in [5.41, 5.74) is 1.36. The van der Waals surface area contributed by atoms with Crippen LogP contribution in [0.3, 0.4) is 0 Å². The summed E-state index contributed by atoms with van der Waals surface area (Å²) in [6.07, 6.45) is 7.06. The van der Waals surface area contributed by atoms with Gasteiger partial charge in [-0.3, -0.25) is 9.58 Å². The van der Waals surface area contributed by atoms with Gasteiger partial charge in [-0.05, 0) is 32.6 Å². The van der Waals surface area contributed by atoms with Gasteiger partial charge < -0.3 is 5.32 Å². The summed E-state index contributed by atoms with van der Waals surface area (Å²) < 4.78 is 2.02. The molecular weight excluding hydrogens is 224 g/mol. The molecule has 1 N–H and O–H groups in total. The van der Waals surface area contributed by atoms with Crippen LogP contribution >= 0.6 is 0 Å². The average molecular weight is 248 g/mol. The van der Waals surface area contributed by atoms with E-state index < -0.39 is 0 Å². The van der Waals surface area contributed by atoms with Crippen molar-refractivity contribution in [1.82, 2.24) is 20.0 Å². The van der Waals surface area contributed by atoms with Gasteiger partial charge in [-0.25, -0.2) is 0 Å². The molecule has 1 saturated carbocycles. The summed E-state index contributed by atoms with van der Waals surface area (Å²) in [5, 5.41) is 8.00. The molecule has 4 nitrogen and oxygen atoms in total. The molecule has 100 valence electrons. The van der Waals surface area contributed by atoms with Gasteiger partial charge in [-0.15, -0.1) is 0 Å². The third-order valence-corrected chi connectivity index (χ3v) is 4.22. The number of aromatic nitrogens is 2. The quantitative estimate of drug-likeness (QED) is 0.876. The van der Waals surface area contributed by atoms with Crippen molar-refractivity contribution in [1.29, 1.82) is 0 Å². The molecule has 2 aliphatic rings. The van der Waals surface area contributed by atoms with Gasteiger partial charge in [0.15, 0.2) is 0 Å². The lowest BCUT2D eigenvalue weighted by Crippen LogP contribution is -2.55. The fraction of sp³-hybridized carbons (Fsp3) is 0.786. The highest BCUT2D eigenvalue weighted by atomic mass is 15.3. The summed E-state index contributed by atoms with van der Waals surface area (Å²) in [7, 11) is 0. The lowest BCUT2D eigenvalue weighted by molar-refractivity contribution is 0.112. The van der Waals surface area contributed by atoms with Gasteiger partial charge in [-0.1, -0.05) is 0 Å². The van der Waals surface area contributed by atoms with Crippen molar-refractivity contribution in [2.24, 2.45) is 5.92 Å². The molecule has 2 fully saturated rings. The van der Waals surface area contributed by atoms with Gasteiger partial charge in [0.2, 0.25) is 0 Å². The smallest absolute Gasteiger partial charge is 0.0534 e. The molecule has 1 aromatic heterocycles. The van der Waals surface area contributed by atoms with Crippen LogP contribution in [0.1, 0.15) is 32.3 Å². The van der Waals surface area contributed by atoms with Crippen LogP contribution in [0.25, 0.3) is 0 Å². The maximum atomic E-state index is 4.38. The molecule has 0 bridgehead atoms. The Morgan fingerprint density at radius 3 is 2.94 bits per heavy atom. The van der Waals surface area contributed by atoms with Gasteiger partial charge in [-0.2, -0.15) is 5.10 Å². The predicted molar refractivity (Wildman–Crippen MR) is 72.3 cm³/mol. The van der Waals surface area contributed by atoms with Gasteiger partial charge >= 0.3 is 0 Å². The molecule has 0 spiro atoms. The van der Waals surface area contributed by atoms with Crippen LogP contribution in [0.5, 0.6) is 0 Å². The monoisotopic (exact) mass is 248 g/mol. The highest BCUT2D eigenvalue weighted by Crippen LogP contribution is 2.36. The predicted octanol–water partition coefficient (Wildman–Crippen LogP) is 1.48. The molecule has 1 saturated heterocycles. The minimum atomic E-state index is 0.612. The van der Waals surface area contributed by atoms with Gasteiger partial charge in [0, 0.05) is 50.0 Å². The SMILES string of the molecule is CCn1cc(CN2CC(C)NCC2C2CC2)cn1. The number of rotatable bonds is 4. The molecule has 2 atom stereocenters. The molecule has 2 unspecified atom stereocenters. The molecule has 1 aliphatic heterocycles. The van der Waals surface area contributed by atoms with E-state index in [0.717, 1.165) is 31.6 Å². The van der Waals surface area contributed by atoms with Gasteiger partial charge in [0.25, 0.3) is 0 Å². The maximum absolute atomic E-state index is 4.38. The van der Waals surface area contributed by atoms with Crippen molar-refractivity contribution in [3.63, 3.8) is 0 Å². The normalized spacial score (nSPS) is 29.7. The number of hydrogen-bond donors (Lipinski definition) is 1. The van der Waals surface area contributed by atoms with Gasteiger partial charge in [0.05, 0.1) is 6.20 Å². The Kier molecular flexibility index (Phi) is 3.39. The fourth-order valence-electron chi connectivity index (χ4n) is 3.03. The van der Waals surface area contributed by atoms with Crippen LogP contribution in [0.2, 0.25) is 0 Å². The molecular formula is C14H24N4. The largest absolute Gasteiger partial charge is 0.311 e. The van der Waals surface area contributed by atoms with E-state index in [-0.39, 0.29) is 0 Å². The lowest BCUT2D eigenvalue weighted by atomic mass is 10.0. The highest BCUT2D eigenvalue weighted by molar-refractivity contribution is 5.06. The first-order valence-electron chi connectivity index (χ1n) is 7.25. The molecule has 2 heterocycles. The first-order valence-corrected chi connectivity index (χ1v) is 7.25. The Bertz CT molecular complexity index is 396. The number of nitrogens with one attached hydrogen (secondary N) is 1. The van der Waals surface area contributed by atoms with E-state index in [2.05, 4.69) is 35.4 Å². The van der Waals surface area contributed by atoms with Crippen molar-refractivity contribution >= 4 is 0 Å². The van der Waals surface area contributed by atoms with Crippen LogP contribution in [-0.4, -0.2) is 39.9 Å². The fourth-order valence-corrected chi connectivity index (χ4v) is 3.03. The van der Waals surface area contributed by atoms with Crippen LogP contribution in [-0.2, 0) is 13.1 Å².